The number of carbonyl (C=O) groups excluding carboxylic acids is 2. The Bertz CT molecular complexity index is 402. The molecule has 1 atom stereocenters. The number of benzene rings is 1. The van der Waals surface area contributed by atoms with E-state index in [-0.39, 0.29) is 12.6 Å². The number of nitrogens with one attached hydrogen (secondary N) is 2. The van der Waals surface area contributed by atoms with Gasteiger partial charge in [0.15, 0.2) is 0 Å². The molecule has 5 nitrogen and oxygen atoms in total. The second kappa shape index (κ2) is 8.26. The van der Waals surface area contributed by atoms with E-state index in [0.29, 0.717) is 19.4 Å². The van der Waals surface area contributed by atoms with Crippen LogP contribution in [-0.4, -0.2) is 36.1 Å². The fourth-order valence-corrected chi connectivity index (χ4v) is 1.57. The van der Waals surface area contributed by atoms with E-state index >= 15 is 0 Å². The van der Waals surface area contributed by atoms with Crippen LogP contribution >= 0.6 is 0 Å². The maximum absolute atomic E-state index is 11.5. The Labute approximate surface area is 113 Å². The van der Waals surface area contributed by atoms with Gasteiger partial charge in [-0.05, 0) is 18.4 Å². The van der Waals surface area contributed by atoms with Crippen LogP contribution in [0.25, 0.3) is 0 Å². The Morgan fingerprint density at radius 2 is 1.89 bits per heavy atom. The van der Waals surface area contributed by atoms with E-state index in [2.05, 4.69) is 10.6 Å². The number of carbonyl (C=O) groups is 2. The van der Waals surface area contributed by atoms with Crippen molar-refractivity contribution in [3.63, 3.8) is 0 Å². The van der Waals surface area contributed by atoms with Gasteiger partial charge in [0.1, 0.15) is 0 Å². The summed E-state index contributed by atoms with van der Waals surface area (Å²) < 4.78 is 0. The normalized spacial score (nSPS) is 11.7. The maximum Gasteiger partial charge on any atom is 0.309 e. The topological polar surface area (TPSA) is 78.4 Å². The van der Waals surface area contributed by atoms with Crippen molar-refractivity contribution in [3.8, 4) is 0 Å². The molecular weight excluding hydrogens is 244 g/mol. The largest absolute Gasteiger partial charge is 0.394 e. The molecule has 0 aliphatic carbocycles. The Balaban J connectivity index is 2.29. The van der Waals surface area contributed by atoms with Crippen molar-refractivity contribution < 1.29 is 14.7 Å². The lowest BCUT2D eigenvalue weighted by Crippen LogP contribution is -2.46. The van der Waals surface area contributed by atoms with E-state index in [0.717, 1.165) is 5.56 Å². The highest BCUT2D eigenvalue weighted by Gasteiger charge is 2.16. The summed E-state index contributed by atoms with van der Waals surface area (Å²) in [5.41, 5.74) is 1.10. The summed E-state index contributed by atoms with van der Waals surface area (Å²) in [5, 5.41) is 14.0. The first-order valence-electron chi connectivity index (χ1n) is 6.40. The molecule has 0 fully saturated rings. The van der Waals surface area contributed by atoms with Gasteiger partial charge in [-0.1, -0.05) is 37.3 Å². The number of hydrogen-bond acceptors (Lipinski definition) is 3. The first-order valence-corrected chi connectivity index (χ1v) is 6.40. The standard InChI is InChI=1S/C14H20N2O3/c1-2-12(10-17)16-14(19)13(18)15-9-8-11-6-4-3-5-7-11/h3-7,12,17H,2,8-10H2,1H3,(H,15,18)(H,16,19)/t12-/m0/s1. The van der Waals surface area contributed by atoms with Gasteiger partial charge in [-0.3, -0.25) is 9.59 Å². The minimum Gasteiger partial charge on any atom is -0.394 e. The molecule has 0 heterocycles. The van der Waals surface area contributed by atoms with Gasteiger partial charge in [0.2, 0.25) is 0 Å². The van der Waals surface area contributed by atoms with E-state index in [1.165, 1.54) is 0 Å². The highest BCUT2D eigenvalue weighted by molar-refractivity contribution is 6.35. The Kier molecular flexibility index (Phi) is 6.60. The van der Waals surface area contributed by atoms with E-state index < -0.39 is 11.8 Å². The summed E-state index contributed by atoms with van der Waals surface area (Å²) >= 11 is 0. The lowest BCUT2D eigenvalue weighted by molar-refractivity contribution is -0.139. The molecule has 0 aliphatic rings. The second-order valence-electron chi connectivity index (χ2n) is 4.25. The molecule has 19 heavy (non-hydrogen) atoms. The van der Waals surface area contributed by atoms with Crippen LogP contribution in [0.3, 0.4) is 0 Å². The highest BCUT2D eigenvalue weighted by Crippen LogP contribution is 1.98. The van der Waals surface area contributed by atoms with Gasteiger partial charge in [0, 0.05) is 6.54 Å². The first-order chi connectivity index (χ1) is 9.17. The average Bonchev–Trinajstić information content (AvgIpc) is 2.45. The predicted octanol–water partition coefficient (Wildman–Crippen LogP) is 0.232. The zero-order valence-corrected chi connectivity index (χ0v) is 11.1. The molecular formula is C14H20N2O3. The highest BCUT2D eigenvalue weighted by atomic mass is 16.3. The SMILES string of the molecule is CC[C@@H](CO)NC(=O)C(=O)NCCc1ccccc1. The van der Waals surface area contributed by atoms with Crippen molar-refractivity contribution >= 4 is 11.8 Å². The number of aliphatic hydroxyl groups excluding tert-OH is 1. The molecule has 0 bridgehead atoms. The maximum atomic E-state index is 11.5. The minimum absolute atomic E-state index is 0.167. The fourth-order valence-electron chi connectivity index (χ4n) is 1.57. The Hall–Kier alpha value is -1.88. The molecule has 3 N–H and O–H groups in total. The molecule has 0 spiro atoms. The van der Waals surface area contributed by atoms with Crippen molar-refractivity contribution in [1.29, 1.82) is 0 Å². The molecule has 0 unspecified atom stereocenters. The summed E-state index contributed by atoms with van der Waals surface area (Å²) in [4.78, 5) is 23.0. The molecule has 0 aromatic heterocycles. The van der Waals surface area contributed by atoms with Crippen LogP contribution in [0, 0.1) is 0 Å². The summed E-state index contributed by atoms with van der Waals surface area (Å²) in [5.74, 6) is -1.36. The number of hydrogen-bond donors (Lipinski definition) is 3. The third kappa shape index (κ3) is 5.52. The van der Waals surface area contributed by atoms with Crippen LogP contribution in [0.2, 0.25) is 0 Å². The lowest BCUT2D eigenvalue weighted by Gasteiger charge is -2.13. The average molecular weight is 264 g/mol. The summed E-state index contributed by atoms with van der Waals surface area (Å²) in [7, 11) is 0. The van der Waals surface area contributed by atoms with Crippen LogP contribution in [-0.2, 0) is 16.0 Å². The van der Waals surface area contributed by atoms with Gasteiger partial charge in [0.05, 0.1) is 12.6 Å². The minimum atomic E-state index is -0.700. The second-order valence-corrected chi connectivity index (χ2v) is 4.25. The van der Waals surface area contributed by atoms with Crippen molar-refractivity contribution in [2.75, 3.05) is 13.2 Å². The van der Waals surface area contributed by atoms with Gasteiger partial charge in [-0.15, -0.1) is 0 Å². The Morgan fingerprint density at radius 1 is 1.21 bits per heavy atom. The molecule has 2 amide bonds. The van der Waals surface area contributed by atoms with Gasteiger partial charge in [-0.25, -0.2) is 0 Å². The molecule has 5 heteroatoms. The van der Waals surface area contributed by atoms with Crippen LogP contribution < -0.4 is 10.6 Å². The van der Waals surface area contributed by atoms with Crippen molar-refractivity contribution in [2.24, 2.45) is 0 Å². The molecule has 0 saturated heterocycles. The third-order valence-electron chi connectivity index (χ3n) is 2.80. The molecule has 1 rings (SSSR count). The molecule has 104 valence electrons. The number of aliphatic hydroxyl groups is 1. The monoisotopic (exact) mass is 264 g/mol. The third-order valence-corrected chi connectivity index (χ3v) is 2.80. The quantitative estimate of drug-likeness (QED) is 0.644. The van der Waals surface area contributed by atoms with Gasteiger partial charge in [-0.2, -0.15) is 0 Å². The van der Waals surface area contributed by atoms with E-state index in [1.807, 2.05) is 37.3 Å². The van der Waals surface area contributed by atoms with Crippen LogP contribution in [0.4, 0.5) is 0 Å². The molecule has 1 aromatic carbocycles. The first kappa shape index (κ1) is 15.2. The molecule has 0 aliphatic heterocycles. The van der Waals surface area contributed by atoms with Crippen molar-refractivity contribution in [1.82, 2.24) is 10.6 Å². The van der Waals surface area contributed by atoms with E-state index in [9.17, 15) is 9.59 Å². The van der Waals surface area contributed by atoms with Crippen LogP contribution in [0.5, 0.6) is 0 Å². The van der Waals surface area contributed by atoms with Gasteiger partial charge < -0.3 is 15.7 Å². The number of rotatable bonds is 6. The summed E-state index contributed by atoms with van der Waals surface area (Å²) in [6.07, 6.45) is 1.26. The summed E-state index contributed by atoms with van der Waals surface area (Å²) in [6, 6.07) is 9.34. The fraction of sp³-hybridized carbons (Fsp3) is 0.429. The van der Waals surface area contributed by atoms with E-state index in [4.69, 9.17) is 5.11 Å². The molecule has 0 radical (unpaired) electrons. The lowest BCUT2D eigenvalue weighted by atomic mass is 10.1. The van der Waals surface area contributed by atoms with Gasteiger partial charge >= 0.3 is 11.8 Å². The smallest absolute Gasteiger partial charge is 0.309 e. The predicted molar refractivity (Wildman–Crippen MR) is 72.5 cm³/mol. The molecule has 1 aromatic rings. The van der Waals surface area contributed by atoms with Crippen LogP contribution in [0.1, 0.15) is 18.9 Å². The zero-order valence-electron chi connectivity index (χ0n) is 11.1. The summed E-state index contributed by atoms with van der Waals surface area (Å²) in [6.45, 7) is 2.07. The van der Waals surface area contributed by atoms with Crippen molar-refractivity contribution in [2.45, 2.75) is 25.8 Å². The molecule has 0 saturated carbocycles. The van der Waals surface area contributed by atoms with Gasteiger partial charge in [0.25, 0.3) is 0 Å². The zero-order chi connectivity index (χ0) is 14.1. The Morgan fingerprint density at radius 3 is 2.47 bits per heavy atom. The van der Waals surface area contributed by atoms with Crippen LogP contribution in [0.15, 0.2) is 30.3 Å². The number of amides is 2. The van der Waals surface area contributed by atoms with E-state index in [1.54, 1.807) is 0 Å². The van der Waals surface area contributed by atoms with Crippen molar-refractivity contribution in [3.05, 3.63) is 35.9 Å².